The van der Waals surface area contributed by atoms with E-state index in [1.54, 1.807) is 11.3 Å². The van der Waals surface area contributed by atoms with Gasteiger partial charge in [-0.25, -0.2) is 9.97 Å². The molecule has 3 heterocycles. The van der Waals surface area contributed by atoms with Gasteiger partial charge < -0.3 is 14.2 Å². The van der Waals surface area contributed by atoms with Crippen LogP contribution in [0, 0.1) is 0 Å². The maximum Gasteiger partial charge on any atom is 0.231 e. The molecule has 0 unspecified atom stereocenters. The highest BCUT2D eigenvalue weighted by atomic mass is 32.1. The van der Waals surface area contributed by atoms with Gasteiger partial charge in [0.05, 0.1) is 5.39 Å². The lowest BCUT2D eigenvalue weighted by Gasteiger charge is -2.18. The van der Waals surface area contributed by atoms with Crippen molar-refractivity contribution >= 4 is 21.6 Å². The summed E-state index contributed by atoms with van der Waals surface area (Å²) in [5, 5.41) is 2.88. The van der Waals surface area contributed by atoms with E-state index in [2.05, 4.69) is 9.97 Å². The van der Waals surface area contributed by atoms with Crippen molar-refractivity contribution in [3.63, 3.8) is 0 Å². The number of hydrogen-bond acceptors (Lipinski definition) is 6. The SMILES string of the molecule is c1nc(Oc2ccc3c(c2)OCCO3)c2ccsc2n1. The molecule has 0 fully saturated rings. The molecule has 0 N–H and O–H groups in total. The van der Waals surface area contributed by atoms with Gasteiger partial charge in [0, 0.05) is 6.07 Å². The molecule has 0 saturated heterocycles. The van der Waals surface area contributed by atoms with Crippen LogP contribution in [-0.2, 0) is 0 Å². The van der Waals surface area contributed by atoms with Gasteiger partial charge in [-0.05, 0) is 23.6 Å². The Kier molecular flexibility index (Phi) is 2.67. The third-order valence-electron chi connectivity index (χ3n) is 2.95. The fourth-order valence-electron chi connectivity index (χ4n) is 2.05. The van der Waals surface area contributed by atoms with Crippen molar-refractivity contribution < 1.29 is 14.2 Å². The van der Waals surface area contributed by atoms with Gasteiger partial charge in [0.1, 0.15) is 30.1 Å². The summed E-state index contributed by atoms with van der Waals surface area (Å²) in [6, 6.07) is 7.45. The number of benzene rings is 1. The normalized spacial score (nSPS) is 13.4. The quantitative estimate of drug-likeness (QED) is 0.723. The molecule has 0 spiro atoms. The largest absolute Gasteiger partial charge is 0.486 e. The van der Waals surface area contributed by atoms with Gasteiger partial charge in [-0.1, -0.05) is 0 Å². The van der Waals surface area contributed by atoms with Crippen molar-refractivity contribution in [1.29, 1.82) is 0 Å². The van der Waals surface area contributed by atoms with Crippen molar-refractivity contribution in [3.05, 3.63) is 36.0 Å². The van der Waals surface area contributed by atoms with E-state index in [1.807, 2.05) is 29.6 Å². The lowest BCUT2D eigenvalue weighted by atomic mass is 10.3. The van der Waals surface area contributed by atoms with Gasteiger partial charge in [-0.3, -0.25) is 0 Å². The van der Waals surface area contributed by atoms with E-state index in [0.717, 1.165) is 16.0 Å². The molecule has 20 heavy (non-hydrogen) atoms. The lowest BCUT2D eigenvalue weighted by molar-refractivity contribution is 0.171. The summed E-state index contributed by atoms with van der Waals surface area (Å²) in [5.74, 6) is 2.66. The molecule has 0 saturated carbocycles. The first-order valence-corrected chi connectivity index (χ1v) is 7.04. The molecule has 4 rings (SSSR count). The summed E-state index contributed by atoms with van der Waals surface area (Å²) < 4.78 is 16.9. The summed E-state index contributed by atoms with van der Waals surface area (Å²) in [6.45, 7) is 1.13. The Bertz CT molecular complexity index is 772. The summed E-state index contributed by atoms with van der Waals surface area (Å²) in [5.41, 5.74) is 0. The number of nitrogens with zero attached hydrogens (tertiary/aromatic N) is 2. The van der Waals surface area contributed by atoms with Gasteiger partial charge in [0.2, 0.25) is 5.88 Å². The van der Waals surface area contributed by atoms with Crippen LogP contribution < -0.4 is 14.2 Å². The highest BCUT2D eigenvalue weighted by Gasteiger charge is 2.13. The number of ether oxygens (including phenoxy) is 3. The van der Waals surface area contributed by atoms with Crippen LogP contribution in [0.3, 0.4) is 0 Å². The van der Waals surface area contributed by atoms with Crippen LogP contribution in [0.1, 0.15) is 0 Å². The predicted octanol–water partition coefficient (Wildman–Crippen LogP) is 3.25. The van der Waals surface area contributed by atoms with Gasteiger partial charge in [0.25, 0.3) is 0 Å². The first kappa shape index (κ1) is 11.5. The first-order chi connectivity index (χ1) is 9.90. The number of hydrogen-bond donors (Lipinski definition) is 0. The van der Waals surface area contributed by atoms with Crippen LogP contribution in [0.5, 0.6) is 23.1 Å². The molecule has 1 aliphatic rings. The monoisotopic (exact) mass is 286 g/mol. The Hall–Kier alpha value is -2.34. The molecule has 0 amide bonds. The number of aromatic nitrogens is 2. The van der Waals surface area contributed by atoms with E-state index in [-0.39, 0.29) is 0 Å². The molecule has 0 radical (unpaired) electrons. The molecule has 6 heteroatoms. The standard InChI is InChI=1S/C14H10N2O3S/c1-2-11-12(18-5-4-17-11)7-9(1)19-13-10-3-6-20-14(10)16-8-15-13/h1-3,6-8H,4-5H2. The van der Waals surface area contributed by atoms with Crippen molar-refractivity contribution in [1.82, 2.24) is 9.97 Å². The van der Waals surface area contributed by atoms with Crippen LogP contribution in [0.15, 0.2) is 36.0 Å². The summed E-state index contributed by atoms with van der Waals surface area (Å²) in [6.07, 6.45) is 1.51. The van der Waals surface area contributed by atoms with Gasteiger partial charge in [0.15, 0.2) is 11.5 Å². The van der Waals surface area contributed by atoms with Crippen LogP contribution >= 0.6 is 11.3 Å². The molecule has 0 aliphatic carbocycles. The fourth-order valence-corrected chi connectivity index (χ4v) is 2.77. The molecular formula is C14H10N2O3S. The minimum absolute atomic E-state index is 0.549. The number of rotatable bonds is 2. The molecule has 1 aromatic carbocycles. The van der Waals surface area contributed by atoms with Crippen molar-refractivity contribution in [2.45, 2.75) is 0 Å². The zero-order valence-corrected chi connectivity index (χ0v) is 11.2. The second kappa shape index (κ2) is 4.64. The molecular weight excluding hydrogens is 276 g/mol. The Morgan fingerprint density at radius 3 is 2.90 bits per heavy atom. The van der Waals surface area contributed by atoms with Crippen molar-refractivity contribution in [2.75, 3.05) is 13.2 Å². The zero-order valence-electron chi connectivity index (χ0n) is 10.4. The molecule has 1 aliphatic heterocycles. The third-order valence-corrected chi connectivity index (χ3v) is 3.77. The second-order valence-corrected chi connectivity index (χ2v) is 5.12. The Morgan fingerprint density at radius 1 is 1.05 bits per heavy atom. The zero-order chi connectivity index (χ0) is 13.4. The van der Waals surface area contributed by atoms with Gasteiger partial charge >= 0.3 is 0 Å². The van der Waals surface area contributed by atoms with E-state index < -0.39 is 0 Å². The fraction of sp³-hybridized carbons (Fsp3) is 0.143. The lowest BCUT2D eigenvalue weighted by Crippen LogP contribution is -2.15. The highest BCUT2D eigenvalue weighted by Crippen LogP contribution is 2.36. The van der Waals surface area contributed by atoms with Gasteiger partial charge in [-0.2, -0.15) is 0 Å². The van der Waals surface area contributed by atoms with Crippen LogP contribution in [-0.4, -0.2) is 23.2 Å². The minimum atomic E-state index is 0.549. The second-order valence-electron chi connectivity index (χ2n) is 4.23. The van der Waals surface area contributed by atoms with E-state index in [0.29, 0.717) is 30.6 Å². The third kappa shape index (κ3) is 1.94. The van der Waals surface area contributed by atoms with E-state index >= 15 is 0 Å². The van der Waals surface area contributed by atoms with E-state index in [9.17, 15) is 0 Å². The van der Waals surface area contributed by atoms with Crippen molar-refractivity contribution in [2.24, 2.45) is 0 Å². The number of thiophene rings is 1. The molecule has 0 atom stereocenters. The Balaban J connectivity index is 1.70. The highest BCUT2D eigenvalue weighted by molar-refractivity contribution is 7.16. The molecule has 2 aromatic heterocycles. The van der Waals surface area contributed by atoms with Crippen LogP contribution in [0.25, 0.3) is 10.2 Å². The van der Waals surface area contributed by atoms with Crippen LogP contribution in [0.2, 0.25) is 0 Å². The Labute approximate surface area is 118 Å². The Morgan fingerprint density at radius 2 is 1.95 bits per heavy atom. The topological polar surface area (TPSA) is 53.5 Å². The summed E-state index contributed by atoms with van der Waals surface area (Å²) in [7, 11) is 0. The average molecular weight is 286 g/mol. The average Bonchev–Trinajstić information content (AvgIpc) is 2.97. The van der Waals surface area contributed by atoms with E-state index in [1.165, 1.54) is 6.33 Å². The maximum absolute atomic E-state index is 5.84. The molecule has 5 nitrogen and oxygen atoms in total. The van der Waals surface area contributed by atoms with E-state index in [4.69, 9.17) is 14.2 Å². The molecule has 0 bridgehead atoms. The molecule has 3 aromatic rings. The summed E-state index contributed by atoms with van der Waals surface area (Å²) in [4.78, 5) is 9.29. The van der Waals surface area contributed by atoms with Crippen LogP contribution in [0.4, 0.5) is 0 Å². The molecule has 100 valence electrons. The van der Waals surface area contributed by atoms with Crippen molar-refractivity contribution in [3.8, 4) is 23.1 Å². The minimum Gasteiger partial charge on any atom is -0.486 e. The first-order valence-electron chi connectivity index (χ1n) is 6.16. The maximum atomic E-state index is 5.84. The summed E-state index contributed by atoms with van der Waals surface area (Å²) >= 11 is 1.56. The predicted molar refractivity (Wildman–Crippen MR) is 74.9 cm³/mol. The number of fused-ring (bicyclic) bond motifs is 2. The van der Waals surface area contributed by atoms with Gasteiger partial charge in [-0.15, -0.1) is 11.3 Å². The smallest absolute Gasteiger partial charge is 0.231 e.